The molecule has 1 atom stereocenters. The summed E-state index contributed by atoms with van der Waals surface area (Å²) < 4.78 is 13.1. The summed E-state index contributed by atoms with van der Waals surface area (Å²) in [5, 5.41) is 14.2. The van der Waals surface area contributed by atoms with E-state index in [1.54, 1.807) is 11.4 Å². The van der Waals surface area contributed by atoms with Crippen LogP contribution in [0.25, 0.3) is 0 Å². The SMILES string of the molecule is N#Cc1ccsc1NC(=O)CCN1CCC[C@@H]1c1ccc(F)cc1. The minimum absolute atomic E-state index is 0.0845. The Bertz CT molecular complexity index is 750. The van der Waals surface area contributed by atoms with Gasteiger partial charge in [-0.2, -0.15) is 5.26 Å². The highest BCUT2D eigenvalue weighted by molar-refractivity contribution is 7.14. The summed E-state index contributed by atoms with van der Waals surface area (Å²) in [6.07, 6.45) is 2.48. The Morgan fingerprint density at radius 3 is 2.92 bits per heavy atom. The van der Waals surface area contributed by atoms with Crippen molar-refractivity contribution in [2.75, 3.05) is 18.4 Å². The van der Waals surface area contributed by atoms with Crippen molar-refractivity contribution in [2.45, 2.75) is 25.3 Å². The summed E-state index contributed by atoms with van der Waals surface area (Å²) in [6, 6.07) is 10.6. The van der Waals surface area contributed by atoms with Gasteiger partial charge in [0.15, 0.2) is 0 Å². The van der Waals surface area contributed by atoms with Gasteiger partial charge in [-0.25, -0.2) is 4.39 Å². The maximum Gasteiger partial charge on any atom is 0.226 e. The first-order valence-electron chi connectivity index (χ1n) is 7.94. The number of carbonyl (C=O) groups is 1. The summed E-state index contributed by atoms with van der Waals surface area (Å²) in [5.74, 6) is -0.314. The zero-order valence-corrected chi connectivity index (χ0v) is 14.0. The van der Waals surface area contributed by atoms with Crippen LogP contribution >= 0.6 is 11.3 Å². The van der Waals surface area contributed by atoms with Crippen LogP contribution in [0.2, 0.25) is 0 Å². The predicted molar refractivity (Wildman–Crippen MR) is 92.2 cm³/mol. The number of halogens is 1. The number of nitrogens with one attached hydrogen (secondary N) is 1. The van der Waals surface area contributed by atoms with Crippen LogP contribution in [0.1, 0.15) is 36.4 Å². The van der Waals surface area contributed by atoms with Crippen molar-refractivity contribution in [3.8, 4) is 6.07 Å². The molecule has 0 radical (unpaired) electrons. The molecule has 3 rings (SSSR count). The van der Waals surface area contributed by atoms with Gasteiger partial charge in [0.25, 0.3) is 0 Å². The lowest BCUT2D eigenvalue weighted by molar-refractivity contribution is -0.116. The minimum atomic E-state index is -0.230. The third-order valence-corrected chi connectivity index (χ3v) is 5.11. The summed E-state index contributed by atoms with van der Waals surface area (Å²) >= 11 is 1.36. The Morgan fingerprint density at radius 2 is 2.17 bits per heavy atom. The Balaban J connectivity index is 1.56. The Morgan fingerprint density at radius 1 is 1.38 bits per heavy atom. The fourth-order valence-corrected chi connectivity index (χ4v) is 3.84. The monoisotopic (exact) mass is 343 g/mol. The Labute approximate surface area is 144 Å². The number of hydrogen-bond donors (Lipinski definition) is 1. The van der Waals surface area contributed by atoms with Crippen LogP contribution in [-0.2, 0) is 4.79 Å². The van der Waals surface area contributed by atoms with Crippen LogP contribution in [0.15, 0.2) is 35.7 Å². The van der Waals surface area contributed by atoms with Gasteiger partial charge in [-0.1, -0.05) is 12.1 Å². The highest BCUT2D eigenvalue weighted by atomic mass is 32.1. The van der Waals surface area contributed by atoms with E-state index in [9.17, 15) is 9.18 Å². The average molecular weight is 343 g/mol. The third kappa shape index (κ3) is 3.81. The zero-order valence-electron chi connectivity index (χ0n) is 13.2. The van der Waals surface area contributed by atoms with Crippen molar-refractivity contribution in [1.29, 1.82) is 5.26 Å². The van der Waals surface area contributed by atoms with E-state index in [0.29, 0.717) is 23.5 Å². The van der Waals surface area contributed by atoms with Gasteiger partial charge in [0.2, 0.25) is 5.91 Å². The molecule has 0 unspecified atom stereocenters. The predicted octanol–water partition coefficient (Wildman–Crippen LogP) is 3.92. The molecule has 1 saturated heterocycles. The van der Waals surface area contributed by atoms with Crippen molar-refractivity contribution in [3.63, 3.8) is 0 Å². The van der Waals surface area contributed by atoms with E-state index < -0.39 is 0 Å². The normalized spacial score (nSPS) is 17.6. The van der Waals surface area contributed by atoms with Crippen LogP contribution in [0.3, 0.4) is 0 Å². The van der Waals surface area contributed by atoms with Gasteiger partial charge in [-0.15, -0.1) is 11.3 Å². The molecule has 0 spiro atoms. The van der Waals surface area contributed by atoms with Gasteiger partial charge in [0.1, 0.15) is 16.9 Å². The number of anilines is 1. The first-order valence-corrected chi connectivity index (χ1v) is 8.82. The van der Waals surface area contributed by atoms with Gasteiger partial charge in [0.05, 0.1) is 5.56 Å². The van der Waals surface area contributed by atoms with E-state index in [1.165, 1.54) is 23.5 Å². The maximum atomic E-state index is 13.1. The number of nitriles is 1. The largest absolute Gasteiger partial charge is 0.317 e. The Kier molecular flexibility index (Phi) is 5.24. The number of amides is 1. The molecule has 4 nitrogen and oxygen atoms in total. The fraction of sp³-hybridized carbons (Fsp3) is 0.333. The number of nitrogens with zero attached hydrogens (tertiary/aromatic N) is 2. The summed E-state index contributed by atoms with van der Waals surface area (Å²) in [6.45, 7) is 1.60. The van der Waals surface area contributed by atoms with E-state index in [0.717, 1.165) is 24.9 Å². The second kappa shape index (κ2) is 7.56. The highest BCUT2D eigenvalue weighted by Crippen LogP contribution is 2.32. The quantitative estimate of drug-likeness (QED) is 0.895. The molecule has 1 aliphatic heterocycles. The molecule has 0 saturated carbocycles. The fourth-order valence-electron chi connectivity index (χ4n) is 3.08. The van der Waals surface area contributed by atoms with Gasteiger partial charge in [-0.05, 0) is 48.5 Å². The summed E-state index contributed by atoms with van der Waals surface area (Å²) in [7, 11) is 0. The van der Waals surface area contributed by atoms with Crippen molar-refractivity contribution in [1.82, 2.24) is 4.90 Å². The number of benzene rings is 1. The number of likely N-dealkylation sites (tertiary alicyclic amines) is 1. The maximum absolute atomic E-state index is 13.1. The number of rotatable bonds is 5. The standard InChI is InChI=1S/C18H18FN3OS/c19-15-5-3-13(4-6-15)16-2-1-9-22(16)10-7-17(23)21-18-14(12-20)8-11-24-18/h3-6,8,11,16H,1-2,7,9-10H2,(H,21,23)/t16-/m1/s1. The van der Waals surface area contributed by atoms with Crippen LogP contribution < -0.4 is 5.32 Å². The van der Waals surface area contributed by atoms with E-state index >= 15 is 0 Å². The van der Waals surface area contributed by atoms with Gasteiger partial charge in [0, 0.05) is 19.0 Å². The van der Waals surface area contributed by atoms with Gasteiger partial charge in [-0.3, -0.25) is 9.69 Å². The molecule has 1 aliphatic rings. The molecular formula is C18H18FN3OS. The zero-order chi connectivity index (χ0) is 16.9. The molecule has 1 aromatic carbocycles. The summed E-state index contributed by atoms with van der Waals surface area (Å²) in [4.78, 5) is 14.4. The van der Waals surface area contributed by atoms with E-state index in [2.05, 4.69) is 16.3 Å². The molecule has 124 valence electrons. The third-order valence-electron chi connectivity index (χ3n) is 4.28. The van der Waals surface area contributed by atoms with Crippen LogP contribution in [-0.4, -0.2) is 23.9 Å². The summed E-state index contributed by atoms with van der Waals surface area (Å²) in [5.41, 5.74) is 1.60. The molecule has 2 heterocycles. The highest BCUT2D eigenvalue weighted by Gasteiger charge is 2.26. The van der Waals surface area contributed by atoms with Crippen LogP contribution in [0.4, 0.5) is 9.39 Å². The molecule has 1 amide bonds. The minimum Gasteiger partial charge on any atom is -0.317 e. The lowest BCUT2D eigenvalue weighted by Gasteiger charge is -2.24. The first kappa shape index (κ1) is 16.6. The molecule has 0 aliphatic carbocycles. The molecule has 24 heavy (non-hydrogen) atoms. The number of thiophene rings is 1. The van der Waals surface area contributed by atoms with Gasteiger partial charge < -0.3 is 5.32 Å². The molecule has 1 N–H and O–H groups in total. The lowest BCUT2D eigenvalue weighted by Crippen LogP contribution is -2.27. The molecule has 0 bridgehead atoms. The van der Waals surface area contributed by atoms with E-state index in [4.69, 9.17) is 5.26 Å². The van der Waals surface area contributed by atoms with Crippen molar-refractivity contribution in [2.24, 2.45) is 0 Å². The molecule has 2 aromatic rings. The van der Waals surface area contributed by atoms with Crippen LogP contribution in [0.5, 0.6) is 0 Å². The topological polar surface area (TPSA) is 56.1 Å². The molecule has 1 aromatic heterocycles. The smallest absolute Gasteiger partial charge is 0.226 e. The molecule has 1 fully saturated rings. The van der Waals surface area contributed by atoms with Crippen molar-refractivity contribution >= 4 is 22.2 Å². The number of hydrogen-bond acceptors (Lipinski definition) is 4. The van der Waals surface area contributed by atoms with E-state index in [1.807, 2.05) is 12.1 Å². The molecule has 6 heteroatoms. The Hall–Kier alpha value is -2.23. The average Bonchev–Trinajstić information content (AvgIpc) is 3.22. The van der Waals surface area contributed by atoms with Crippen LogP contribution in [0, 0.1) is 17.1 Å². The second-order valence-electron chi connectivity index (χ2n) is 5.82. The van der Waals surface area contributed by atoms with E-state index in [-0.39, 0.29) is 17.8 Å². The molecular weight excluding hydrogens is 325 g/mol. The van der Waals surface area contributed by atoms with Crippen molar-refractivity contribution in [3.05, 3.63) is 52.7 Å². The second-order valence-corrected chi connectivity index (χ2v) is 6.74. The number of carbonyl (C=O) groups excluding carboxylic acids is 1. The first-order chi connectivity index (χ1) is 11.7. The lowest BCUT2D eigenvalue weighted by atomic mass is 10.0. The van der Waals surface area contributed by atoms with Gasteiger partial charge >= 0.3 is 0 Å². The van der Waals surface area contributed by atoms with Crippen molar-refractivity contribution < 1.29 is 9.18 Å².